The van der Waals surface area contributed by atoms with Gasteiger partial charge < -0.3 is 14.7 Å². The summed E-state index contributed by atoms with van der Waals surface area (Å²) in [5.41, 5.74) is 26.3. The van der Waals surface area contributed by atoms with Gasteiger partial charge in [0.1, 0.15) is 0 Å². The number of nitrogens with zero attached hydrogens (tertiary/aromatic N) is 3. The summed E-state index contributed by atoms with van der Waals surface area (Å²) in [5.74, 6) is 0. The normalized spacial score (nSPS) is 14.7. The molecule has 400 valence electrons. The molecule has 0 saturated carbocycles. The van der Waals surface area contributed by atoms with E-state index in [4.69, 9.17) is 0 Å². The Balaban J connectivity index is 1.27. The fourth-order valence-corrected chi connectivity index (χ4v) is 14.3. The summed E-state index contributed by atoms with van der Waals surface area (Å²) in [4.78, 5) is 7.97. The maximum absolute atomic E-state index is 2.69. The lowest BCUT2D eigenvalue weighted by Crippen LogP contribution is -2.61. The molecule has 0 N–H and O–H groups in total. The van der Waals surface area contributed by atoms with E-state index in [0.717, 1.165) is 17.1 Å². The van der Waals surface area contributed by atoms with Gasteiger partial charge in [0, 0.05) is 60.0 Å². The van der Waals surface area contributed by atoms with Crippen LogP contribution < -0.4 is 30.4 Å². The van der Waals surface area contributed by atoms with Crippen LogP contribution in [0.1, 0.15) is 162 Å². The molecule has 0 fully saturated rings. The Morgan fingerprint density at radius 3 is 1.35 bits per heavy atom. The Kier molecular flexibility index (Phi) is 11.9. The first kappa shape index (κ1) is 52.9. The number of hydrogen-bond acceptors (Lipinski definition) is 4. The molecule has 1 aliphatic carbocycles. The van der Waals surface area contributed by atoms with Gasteiger partial charge in [-0.3, -0.25) is 0 Å². The van der Waals surface area contributed by atoms with Gasteiger partial charge in [-0.2, -0.15) is 0 Å². The number of aryl methyl sites for hydroxylation is 1. The molecule has 5 heteroatoms. The first-order valence-electron chi connectivity index (χ1n) is 28.9. The van der Waals surface area contributed by atoms with E-state index in [0.29, 0.717) is 0 Å². The Morgan fingerprint density at radius 1 is 0.456 bits per heavy atom. The minimum atomic E-state index is -0.302. The zero-order chi connectivity index (χ0) is 56.3. The standard InChI is InChI=1S/C74H80BN3S/c1-45-41-60-64-61(42-45)78(54-38-29-49(30-39-54)72(11,12)13)66-59(75(64)68-65(56-43-50(73(14,15)16)31-40-62(56)79-68)77(60)53-36-27-48(28-37-53)71(8,9)10)44-58-63(55-21-19-20-22-57(55)74(58,17)18)67(66)76(51-32-23-46(24-33-51)69(2,3)4)52-34-25-47(26-35-52)70(5,6)7/h19-44H,1-18H3. The van der Waals surface area contributed by atoms with Gasteiger partial charge in [-0.15, -0.1) is 11.3 Å². The molecule has 0 bridgehead atoms. The second-order valence-corrected chi connectivity index (χ2v) is 30.0. The maximum Gasteiger partial charge on any atom is 0.264 e. The Labute approximate surface area is 477 Å². The SMILES string of the molecule is Cc1cc2c3c(c1)N(c1ccc(C(C)(C)C)cc1)c1c(sc4ccc(C(C)(C)C)cc14)B3c1cc3c(c(N(c4ccc(C(C)(C)C)cc4)c4ccc(C(C)(C)C)cc4)c1N2c1ccc(C(C)(C)C)cc1)-c1ccccc1C3(C)C. The first-order valence-corrected chi connectivity index (χ1v) is 29.7. The minimum absolute atomic E-state index is 0.0117. The predicted octanol–water partition coefficient (Wildman–Crippen LogP) is 19.6. The molecule has 1 aromatic heterocycles. The topological polar surface area (TPSA) is 9.72 Å². The van der Waals surface area contributed by atoms with Crippen molar-refractivity contribution in [2.45, 2.75) is 157 Å². The van der Waals surface area contributed by atoms with E-state index in [1.807, 2.05) is 11.3 Å². The monoisotopic (exact) mass is 1050 g/mol. The summed E-state index contributed by atoms with van der Waals surface area (Å²) >= 11 is 1.99. The molecule has 9 aromatic rings. The fourth-order valence-electron chi connectivity index (χ4n) is 13.0. The second-order valence-electron chi connectivity index (χ2n) is 28.9. The Hall–Kier alpha value is -6.82. The summed E-state index contributed by atoms with van der Waals surface area (Å²) in [7, 11) is 0. The fraction of sp³-hybridized carbons (Fsp3) is 0.324. The van der Waals surface area contributed by atoms with E-state index < -0.39 is 0 Å². The minimum Gasteiger partial charge on any atom is -0.310 e. The molecule has 3 heterocycles. The van der Waals surface area contributed by atoms with Crippen LogP contribution in [0.15, 0.2) is 158 Å². The average Bonchev–Trinajstić information content (AvgIpc) is 4.14. The van der Waals surface area contributed by atoms with Crippen LogP contribution in [-0.4, -0.2) is 6.71 Å². The van der Waals surface area contributed by atoms with Crippen LogP contribution in [0.4, 0.5) is 51.2 Å². The average molecular weight is 1050 g/mol. The smallest absolute Gasteiger partial charge is 0.264 e. The number of anilines is 9. The van der Waals surface area contributed by atoms with E-state index in [9.17, 15) is 0 Å². The zero-order valence-electron chi connectivity index (χ0n) is 50.3. The van der Waals surface area contributed by atoms with Crippen LogP contribution in [-0.2, 0) is 32.5 Å². The van der Waals surface area contributed by atoms with Crippen molar-refractivity contribution >= 4 is 95.0 Å². The van der Waals surface area contributed by atoms with E-state index in [1.54, 1.807) is 0 Å². The summed E-state index contributed by atoms with van der Waals surface area (Å²) in [6, 6.07) is 62.3. The number of hydrogen-bond donors (Lipinski definition) is 0. The van der Waals surface area contributed by atoms with Crippen molar-refractivity contribution in [1.82, 2.24) is 0 Å². The number of thiophene rings is 1. The summed E-state index contributed by atoms with van der Waals surface area (Å²) in [6.45, 7) is 42.0. The third kappa shape index (κ3) is 8.59. The van der Waals surface area contributed by atoms with Crippen molar-refractivity contribution in [1.29, 1.82) is 0 Å². The molecule has 3 aliphatic rings. The molecule has 0 saturated heterocycles. The highest BCUT2D eigenvalue weighted by Crippen LogP contribution is 2.60. The Bertz CT molecular complexity index is 3820. The first-order chi connectivity index (χ1) is 37.0. The summed E-state index contributed by atoms with van der Waals surface area (Å²) in [5, 5.41) is 1.32. The molecular formula is C74H80BN3S. The largest absolute Gasteiger partial charge is 0.310 e. The molecule has 2 aliphatic heterocycles. The van der Waals surface area contributed by atoms with E-state index in [1.165, 1.54) is 116 Å². The summed E-state index contributed by atoms with van der Waals surface area (Å²) < 4.78 is 2.70. The van der Waals surface area contributed by atoms with Gasteiger partial charge in [-0.1, -0.05) is 203 Å². The van der Waals surface area contributed by atoms with Gasteiger partial charge in [-0.25, -0.2) is 0 Å². The van der Waals surface area contributed by atoms with Crippen molar-refractivity contribution in [3.63, 3.8) is 0 Å². The van der Waals surface area contributed by atoms with Crippen LogP contribution in [0, 0.1) is 6.92 Å². The van der Waals surface area contributed by atoms with Crippen molar-refractivity contribution in [2.75, 3.05) is 14.7 Å². The van der Waals surface area contributed by atoms with Gasteiger partial charge in [0.25, 0.3) is 6.71 Å². The molecule has 0 spiro atoms. The molecule has 3 nitrogen and oxygen atoms in total. The highest BCUT2D eigenvalue weighted by atomic mass is 32.1. The Morgan fingerprint density at radius 2 is 0.886 bits per heavy atom. The second kappa shape index (κ2) is 17.8. The zero-order valence-corrected chi connectivity index (χ0v) is 51.2. The van der Waals surface area contributed by atoms with E-state index in [-0.39, 0.29) is 39.2 Å². The third-order valence-electron chi connectivity index (χ3n) is 17.7. The highest BCUT2D eigenvalue weighted by Gasteiger charge is 2.50. The molecule has 79 heavy (non-hydrogen) atoms. The number of fused-ring (bicyclic) bond motifs is 9. The molecule has 0 unspecified atom stereocenters. The number of benzene rings is 8. The van der Waals surface area contributed by atoms with E-state index in [2.05, 4.69) is 297 Å². The molecule has 0 atom stereocenters. The van der Waals surface area contributed by atoms with Gasteiger partial charge in [-0.05, 0) is 168 Å². The predicted molar refractivity (Wildman–Crippen MR) is 346 cm³/mol. The van der Waals surface area contributed by atoms with Crippen molar-refractivity contribution < 1.29 is 0 Å². The van der Waals surface area contributed by atoms with Crippen LogP contribution in [0.5, 0.6) is 0 Å². The number of rotatable bonds is 5. The van der Waals surface area contributed by atoms with Gasteiger partial charge in [0.2, 0.25) is 0 Å². The highest BCUT2D eigenvalue weighted by molar-refractivity contribution is 7.33. The van der Waals surface area contributed by atoms with Gasteiger partial charge in [0.15, 0.2) is 0 Å². The summed E-state index contributed by atoms with van der Waals surface area (Å²) in [6.07, 6.45) is 0. The van der Waals surface area contributed by atoms with Crippen molar-refractivity contribution in [2.24, 2.45) is 0 Å². The lowest BCUT2D eigenvalue weighted by molar-refractivity contribution is 0.590. The van der Waals surface area contributed by atoms with Crippen LogP contribution in [0.3, 0.4) is 0 Å². The van der Waals surface area contributed by atoms with Gasteiger partial charge >= 0.3 is 0 Å². The molecule has 0 radical (unpaired) electrons. The molecule has 12 rings (SSSR count). The maximum atomic E-state index is 2.69. The van der Waals surface area contributed by atoms with E-state index >= 15 is 0 Å². The van der Waals surface area contributed by atoms with Crippen LogP contribution >= 0.6 is 11.3 Å². The van der Waals surface area contributed by atoms with Gasteiger partial charge in [0.05, 0.1) is 17.1 Å². The van der Waals surface area contributed by atoms with Crippen LogP contribution in [0.25, 0.3) is 21.2 Å². The third-order valence-corrected chi connectivity index (χ3v) is 18.9. The quantitative estimate of drug-likeness (QED) is 0.159. The van der Waals surface area contributed by atoms with Crippen molar-refractivity contribution in [3.05, 3.63) is 202 Å². The molecular weight excluding hydrogens is 974 g/mol. The lowest BCUT2D eigenvalue weighted by Gasteiger charge is -2.46. The molecule has 8 aromatic carbocycles. The van der Waals surface area contributed by atoms with Crippen LogP contribution in [0.2, 0.25) is 0 Å². The van der Waals surface area contributed by atoms with Crippen molar-refractivity contribution in [3.8, 4) is 11.1 Å². The lowest BCUT2D eigenvalue weighted by atomic mass is 9.35. The molecule has 0 amide bonds.